The van der Waals surface area contributed by atoms with E-state index in [2.05, 4.69) is 17.2 Å². The first-order valence-corrected chi connectivity index (χ1v) is 5.59. The van der Waals surface area contributed by atoms with Crippen molar-refractivity contribution in [3.8, 4) is 0 Å². The van der Waals surface area contributed by atoms with Crippen molar-refractivity contribution in [1.29, 1.82) is 0 Å². The second-order valence-corrected chi connectivity index (χ2v) is 4.51. The van der Waals surface area contributed by atoms with Gasteiger partial charge in [0.25, 0.3) is 0 Å². The molecule has 1 saturated carbocycles. The van der Waals surface area contributed by atoms with E-state index >= 15 is 0 Å². The molecule has 1 fully saturated rings. The van der Waals surface area contributed by atoms with Crippen LogP contribution in [0.25, 0.3) is 0 Å². The number of carbonyl (C=O) groups excluding carboxylic acids is 1. The van der Waals surface area contributed by atoms with Crippen LogP contribution in [-0.2, 0) is 7.05 Å². The summed E-state index contributed by atoms with van der Waals surface area (Å²) in [4.78, 5) is 12.1. The Hall–Kier alpha value is -1.19. The highest BCUT2D eigenvalue weighted by atomic mass is 16.1. The first-order chi connectivity index (χ1) is 7.18. The van der Waals surface area contributed by atoms with Gasteiger partial charge in [0.1, 0.15) is 5.69 Å². The van der Waals surface area contributed by atoms with Crippen LogP contribution in [-0.4, -0.2) is 20.8 Å². The molecule has 0 amide bonds. The number of ketones is 1. The molecule has 2 rings (SSSR count). The van der Waals surface area contributed by atoms with E-state index in [0.29, 0.717) is 11.6 Å². The van der Waals surface area contributed by atoms with Crippen LogP contribution in [0.1, 0.15) is 43.1 Å². The summed E-state index contributed by atoms with van der Waals surface area (Å²) in [6, 6.07) is 0. The second-order valence-electron chi connectivity index (χ2n) is 4.51. The van der Waals surface area contributed by atoms with Gasteiger partial charge in [0, 0.05) is 13.0 Å². The van der Waals surface area contributed by atoms with Crippen LogP contribution >= 0.6 is 0 Å². The lowest BCUT2D eigenvalue weighted by Crippen LogP contribution is -2.25. The first kappa shape index (κ1) is 10.3. The Morgan fingerprint density at radius 3 is 2.80 bits per heavy atom. The van der Waals surface area contributed by atoms with E-state index < -0.39 is 0 Å². The summed E-state index contributed by atoms with van der Waals surface area (Å²) in [6.07, 6.45) is 6.31. The number of hydrogen-bond acceptors (Lipinski definition) is 3. The quantitative estimate of drug-likeness (QED) is 0.695. The first-order valence-electron chi connectivity index (χ1n) is 5.59. The molecule has 82 valence electrons. The van der Waals surface area contributed by atoms with Crippen molar-refractivity contribution in [3.63, 3.8) is 0 Å². The minimum atomic E-state index is 0.162. The van der Waals surface area contributed by atoms with Gasteiger partial charge in [-0.25, -0.2) is 0 Å². The Labute approximate surface area is 89.7 Å². The van der Waals surface area contributed by atoms with Crippen molar-refractivity contribution in [2.24, 2.45) is 18.9 Å². The van der Waals surface area contributed by atoms with Crippen molar-refractivity contribution in [3.05, 3.63) is 11.9 Å². The molecule has 1 aromatic rings. The molecule has 0 aliphatic heterocycles. The largest absolute Gasteiger partial charge is 0.292 e. The number of rotatable bonds is 2. The Balaban J connectivity index is 2.13. The number of carbonyl (C=O) groups is 1. The zero-order valence-electron chi connectivity index (χ0n) is 9.31. The number of nitrogens with zero attached hydrogens (tertiary/aromatic N) is 3. The summed E-state index contributed by atoms with van der Waals surface area (Å²) < 4.78 is 1.58. The van der Waals surface area contributed by atoms with Crippen LogP contribution in [0.15, 0.2) is 6.20 Å². The summed E-state index contributed by atoms with van der Waals surface area (Å²) >= 11 is 0. The monoisotopic (exact) mass is 207 g/mol. The molecule has 0 bridgehead atoms. The minimum absolute atomic E-state index is 0.162. The number of aryl methyl sites for hydroxylation is 1. The van der Waals surface area contributed by atoms with Crippen LogP contribution in [0.2, 0.25) is 0 Å². The van der Waals surface area contributed by atoms with Crippen molar-refractivity contribution < 1.29 is 4.79 Å². The smallest absolute Gasteiger partial charge is 0.188 e. The molecule has 0 N–H and O–H groups in total. The fraction of sp³-hybridized carbons (Fsp3) is 0.727. The molecule has 1 aliphatic rings. The van der Waals surface area contributed by atoms with Crippen LogP contribution in [0, 0.1) is 11.8 Å². The Morgan fingerprint density at radius 1 is 1.47 bits per heavy atom. The molecule has 4 nitrogen and oxygen atoms in total. The molecule has 15 heavy (non-hydrogen) atoms. The third-order valence-corrected chi connectivity index (χ3v) is 3.30. The van der Waals surface area contributed by atoms with Gasteiger partial charge in [-0.05, 0) is 12.3 Å². The third kappa shape index (κ3) is 2.08. The van der Waals surface area contributed by atoms with Gasteiger partial charge in [-0.2, -0.15) is 0 Å². The molecule has 0 spiro atoms. The second kappa shape index (κ2) is 4.13. The maximum Gasteiger partial charge on any atom is 0.188 e. The Kier molecular flexibility index (Phi) is 2.84. The lowest BCUT2D eigenvalue weighted by Gasteiger charge is -2.26. The molecular weight excluding hydrogens is 190 g/mol. The summed E-state index contributed by atoms with van der Waals surface area (Å²) in [5.41, 5.74) is 0.524. The highest BCUT2D eigenvalue weighted by Gasteiger charge is 2.29. The molecule has 0 radical (unpaired) electrons. The average molecular weight is 207 g/mol. The van der Waals surface area contributed by atoms with E-state index in [1.165, 1.54) is 12.8 Å². The topological polar surface area (TPSA) is 47.8 Å². The summed E-state index contributed by atoms with van der Waals surface area (Å²) in [7, 11) is 1.79. The lowest BCUT2D eigenvalue weighted by molar-refractivity contribution is 0.0832. The molecule has 0 aromatic carbocycles. The number of hydrogen-bond donors (Lipinski definition) is 0. The van der Waals surface area contributed by atoms with Crippen molar-refractivity contribution in [1.82, 2.24) is 15.0 Å². The Bertz CT molecular complexity index is 358. The normalized spacial score (nSPS) is 26.5. The molecule has 1 aromatic heterocycles. The fourth-order valence-electron chi connectivity index (χ4n) is 2.36. The van der Waals surface area contributed by atoms with Crippen molar-refractivity contribution in [2.75, 3.05) is 0 Å². The highest BCUT2D eigenvalue weighted by Crippen LogP contribution is 2.31. The molecule has 2 unspecified atom stereocenters. The van der Waals surface area contributed by atoms with Gasteiger partial charge in [0.15, 0.2) is 5.78 Å². The maximum absolute atomic E-state index is 12.1. The highest BCUT2D eigenvalue weighted by molar-refractivity contribution is 5.95. The van der Waals surface area contributed by atoms with Crippen molar-refractivity contribution in [2.45, 2.75) is 32.6 Å². The van der Waals surface area contributed by atoms with Gasteiger partial charge in [-0.3, -0.25) is 9.48 Å². The maximum atomic E-state index is 12.1. The molecule has 1 aliphatic carbocycles. The molecule has 0 saturated heterocycles. The summed E-state index contributed by atoms with van der Waals surface area (Å²) in [6.45, 7) is 2.16. The van der Waals surface area contributed by atoms with E-state index in [9.17, 15) is 4.79 Å². The minimum Gasteiger partial charge on any atom is -0.292 e. The molecular formula is C11H17N3O. The van der Waals surface area contributed by atoms with E-state index in [1.807, 2.05) is 0 Å². The standard InChI is InChI=1S/C11H17N3O/c1-8-5-3-4-6-9(8)11(15)10-7-14(2)13-12-10/h7-9H,3-6H2,1-2H3. The van der Waals surface area contributed by atoms with E-state index in [0.717, 1.165) is 12.8 Å². The van der Waals surface area contributed by atoms with Crippen LogP contribution in [0.3, 0.4) is 0 Å². The van der Waals surface area contributed by atoms with Gasteiger partial charge >= 0.3 is 0 Å². The lowest BCUT2D eigenvalue weighted by atomic mass is 9.77. The van der Waals surface area contributed by atoms with Gasteiger partial charge in [0.05, 0.1) is 6.20 Å². The molecule has 1 heterocycles. The number of Topliss-reactive ketones (excluding diaryl/α,β-unsaturated/α-hetero) is 1. The zero-order chi connectivity index (χ0) is 10.8. The van der Waals surface area contributed by atoms with Crippen LogP contribution < -0.4 is 0 Å². The average Bonchev–Trinajstić information content (AvgIpc) is 2.65. The SMILES string of the molecule is CC1CCCCC1C(=O)c1cn(C)nn1. The van der Waals surface area contributed by atoms with E-state index in [1.54, 1.807) is 17.9 Å². The fourth-order valence-corrected chi connectivity index (χ4v) is 2.36. The van der Waals surface area contributed by atoms with Crippen LogP contribution in [0.4, 0.5) is 0 Å². The van der Waals surface area contributed by atoms with Gasteiger partial charge < -0.3 is 0 Å². The summed E-state index contributed by atoms with van der Waals surface area (Å²) in [5, 5.41) is 7.69. The zero-order valence-corrected chi connectivity index (χ0v) is 9.31. The molecule has 2 atom stereocenters. The van der Waals surface area contributed by atoms with Crippen LogP contribution in [0.5, 0.6) is 0 Å². The molecule has 4 heteroatoms. The van der Waals surface area contributed by atoms with Crippen molar-refractivity contribution >= 4 is 5.78 Å². The third-order valence-electron chi connectivity index (χ3n) is 3.30. The summed E-state index contributed by atoms with van der Waals surface area (Å²) in [5.74, 6) is 0.832. The number of aromatic nitrogens is 3. The van der Waals surface area contributed by atoms with Gasteiger partial charge in [-0.1, -0.05) is 31.4 Å². The predicted molar refractivity (Wildman–Crippen MR) is 56.5 cm³/mol. The van der Waals surface area contributed by atoms with Gasteiger partial charge in [-0.15, -0.1) is 5.10 Å². The van der Waals surface area contributed by atoms with E-state index in [-0.39, 0.29) is 11.7 Å². The van der Waals surface area contributed by atoms with Gasteiger partial charge in [0.2, 0.25) is 0 Å². The van der Waals surface area contributed by atoms with E-state index in [4.69, 9.17) is 0 Å². The predicted octanol–water partition coefficient (Wildman–Crippen LogP) is 1.82. The Morgan fingerprint density at radius 2 is 2.20 bits per heavy atom.